The first-order valence-corrected chi connectivity index (χ1v) is 6.19. The van der Waals surface area contributed by atoms with Crippen LogP contribution in [-0.2, 0) is 6.18 Å². The minimum atomic E-state index is -4.71. The number of amides is 1. The van der Waals surface area contributed by atoms with Gasteiger partial charge in [-0.1, -0.05) is 20.8 Å². The van der Waals surface area contributed by atoms with Crippen LogP contribution in [0, 0.1) is 17.0 Å². The summed E-state index contributed by atoms with van der Waals surface area (Å²) in [5, 5.41) is 30.7. The molecule has 0 heterocycles. The van der Waals surface area contributed by atoms with Crippen molar-refractivity contribution < 1.29 is 33.1 Å². The number of nitrogens with one attached hydrogen (secondary N) is 1. The number of anilines is 1. The van der Waals surface area contributed by atoms with Gasteiger partial charge in [-0.25, -0.2) is 4.79 Å². The Kier molecular flexibility index (Phi) is 6.52. The summed E-state index contributed by atoms with van der Waals surface area (Å²) < 4.78 is 37.7. The number of benzene rings is 1. The number of rotatable bonds is 2. The first-order valence-electron chi connectivity index (χ1n) is 6.19. The highest BCUT2D eigenvalue weighted by molar-refractivity contribution is 5.86. The summed E-state index contributed by atoms with van der Waals surface area (Å²) in [6.07, 6.45) is -6.40. The molecule has 0 aliphatic rings. The highest BCUT2D eigenvalue weighted by Crippen LogP contribution is 2.37. The van der Waals surface area contributed by atoms with Gasteiger partial charge in [0.05, 0.1) is 10.5 Å². The predicted molar refractivity (Wildman–Crippen MR) is 74.2 cm³/mol. The molecule has 23 heavy (non-hydrogen) atoms. The van der Waals surface area contributed by atoms with Crippen molar-refractivity contribution in [1.29, 1.82) is 0 Å². The first-order chi connectivity index (χ1) is 10.1. The summed E-state index contributed by atoms with van der Waals surface area (Å²) in [5.74, 6) is 0. The van der Waals surface area contributed by atoms with Crippen LogP contribution in [0.25, 0.3) is 0 Å². The van der Waals surface area contributed by atoms with Crippen LogP contribution >= 0.6 is 0 Å². The van der Waals surface area contributed by atoms with E-state index in [1.54, 1.807) is 26.1 Å². The number of hydrogen-bond donors (Lipinski definition) is 2. The number of aryl methyl sites for hydroxylation is 1. The molecule has 0 spiro atoms. The molecule has 0 radical (unpaired) electrons. The molecule has 1 rings (SSSR count). The number of nitro benzene ring substituents is 1. The largest absolute Gasteiger partial charge is 0.850 e. The average Bonchev–Trinajstić information content (AvgIpc) is 2.26. The molecule has 0 aromatic heterocycles. The molecular formula is C13H16F3N2O5-. The molecular weight excluding hydrogens is 321 g/mol. The molecule has 0 saturated heterocycles. The van der Waals surface area contributed by atoms with Crippen molar-refractivity contribution in [3.05, 3.63) is 33.4 Å². The fourth-order valence-electron chi connectivity index (χ4n) is 1.36. The van der Waals surface area contributed by atoms with Crippen molar-refractivity contribution in [3.63, 3.8) is 0 Å². The molecule has 0 fully saturated rings. The Labute approximate surface area is 129 Å². The third-order valence-electron chi connectivity index (χ3n) is 2.09. The molecule has 0 aliphatic heterocycles. The minimum absolute atomic E-state index is 0.356. The Hall–Kier alpha value is -2.36. The van der Waals surface area contributed by atoms with E-state index in [9.17, 15) is 33.2 Å². The zero-order chi connectivity index (χ0) is 18.6. The summed E-state index contributed by atoms with van der Waals surface area (Å²) in [7, 11) is 0. The molecule has 1 aromatic carbocycles. The Morgan fingerprint density at radius 3 is 2.00 bits per heavy atom. The van der Waals surface area contributed by atoms with Gasteiger partial charge >= 0.3 is 12.3 Å². The molecule has 0 bridgehead atoms. The van der Waals surface area contributed by atoms with E-state index in [0.717, 1.165) is 6.92 Å². The third kappa shape index (κ3) is 8.00. The van der Waals surface area contributed by atoms with E-state index in [1.807, 2.05) is 0 Å². The Balaban J connectivity index is 0.000000841. The highest BCUT2D eigenvalue weighted by atomic mass is 19.4. The highest BCUT2D eigenvalue weighted by Gasteiger charge is 2.34. The quantitative estimate of drug-likeness (QED) is 0.635. The van der Waals surface area contributed by atoms with Gasteiger partial charge in [-0.3, -0.25) is 15.4 Å². The number of hydrogen-bond acceptors (Lipinski definition) is 4. The van der Waals surface area contributed by atoms with Gasteiger partial charge in [0.15, 0.2) is 0 Å². The fourth-order valence-corrected chi connectivity index (χ4v) is 1.36. The Bertz CT molecular complexity index is 588. The molecule has 0 atom stereocenters. The monoisotopic (exact) mass is 337 g/mol. The van der Waals surface area contributed by atoms with Crippen LogP contribution in [-0.4, -0.2) is 21.7 Å². The summed E-state index contributed by atoms with van der Waals surface area (Å²) >= 11 is 0. The molecule has 0 saturated carbocycles. The van der Waals surface area contributed by atoms with E-state index >= 15 is 0 Å². The number of nitro groups is 1. The second kappa shape index (κ2) is 7.27. The lowest BCUT2D eigenvalue weighted by molar-refractivity contribution is -0.458. The number of carbonyl (C=O) groups is 1. The summed E-state index contributed by atoms with van der Waals surface area (Å²) in [6, 6.07) is 1.08. The van der Waals surface area contributed by atoms with Crippen molar-refractivity contribution in [2.45, 2.75) is 39.5 Å². The van der Waals surface area contributed by atoms with Gasteiger partial charge in [0, 0.05) is 6.07 Å². The van der Waals surface area contributed by atoms with Crippen LogP contribution in [0.3, 0.4) is 0 Å². The third-order valence-corrected chi connectivity index (χ3v) is 2.09. The van der Waals surface area contributed by atoms with Crippen LogP contribution in [0.5, 0.6) is 0 Å². The second-order valence-electron chi connectivity index (χ2n) is 5.48. The molecule has 1 aromatic rings. The molecule has 130 valence electrons. The maximum atomic E-state index is 12.6. The molecule has 0 unspecified atom stereocenters. The van der Waals surface area contributed by atoms with Gasteiger partial charge in [-0.05, 0) is 18.6 Å². The van der Waals surface area contributed by atoms with Crippen molar-refractivity contribution in [2.24, 2.45) is 0 Å². The second-order valence-corrected chi connectivity index (χ2v) is 5.48. The maximum Gasteiger partial charge on any atom is 0.416 e. The molecule has 0 aliphatic carbocycles. The lowest BCUT2D eigenvalue weighted by Crippen LogP contribution is -2.31. The van der Waals surface area contributed by atoms with Crippen molar-refractivity contribution in [1.82, 2.24) is 0 Å². The smallest absolute Gasteiger partial charge is 0.416 e. The van der Waals surface area contributed by atoms with Gasteiger partial charge in [0.2, 0.25) is 0 Å². The van der Waals surface area contributed by atoms with E-state index in [-0.39, 0.29) is 5.56 Å². The first kappa shape index (κ1) is 20.6. The summed E-state index contributed by atoms with van der Waals surface area (Å²) in [5.41, 5.74) is -3.68. The molecule has 7 nitrogen and oxygen atoms in total. The molecule has 10 heteroatoms. The Morgan fingerprint density at radius 1 is 1.26 bits per heavy atom. The normalized spacial score (nSPS) is 11.3. The van der Waals surface area contributed by atoms with Crippen LogP contribution in [0.4, 0.5) is 29.3 Å². The van der Waals surface area contributed by atoms with Crippen molar-refractivity contribution in [3.8, 4) is 0 Å². The lowest BCUT2D eigenvalue weighted by atomic mass is 10.1. The standard InChI is InChI=1S/C9H7F3N2O4.C4H9O/c1-4-2-7(14(17)18)6(13-8(15)16)3-5(4)9(10,11)12;1-4(2,3)5/h2-3,13H,1H3,(H,15,16);1-3H3/q;-1. The lowest BCUT2D eigenvalue weighted by Gasteiger charge is -2.23. The number of alkyl halides is 3. The van der Waals surface area contributed by atoms with E-state index in [4.69, 9.17) is 5.11 Å². The van der Waals surface area contributed by atoms with Crippen LogP contribution in [0.15, 0.2) is 12.1 Å². The van der Waals surface area contributed by atoms with E-state index in [0.29, 0.717) is 12.1 Å². The maximum absolute atomic E-state index is 12.6. The topological polar surface area (TPSA) is 116 Å². The number of nitrogens with zero attached hydrogens (tertiary/aromatic N) is 1. The van der Waals surface area contributed by atoms with E-state index in [2.05, 4.69) is 0 Å². The van der Waals surface area contributed by atoms with Gasteiger partial charge in [0.25, 0.3) is 5.69 Å². The minimum Gasteiger partial charge on any atom is -0.850 e. The van der Waals surface area contributed by atoms with E-state index < -0.39 is 39.7 Å². The van der Waals surface area contributed by atoms with Crippen molar-refractivity contribution in [2.75, 3.05) is 5.32 Å². The van der Waals surface area contributed by atoms with Gasteiger partial charge in [-0.2, -0.15) is 13.2 Å². The SMILES string of the molecule is CC(C)(C)[O-].Cc1cc([N+](=O)[O-])c(NC(=O)O)cc1C(F)(F)F. The average molecular weight is 337 g/mol. The van der Waals surface area contributed by atoms with Crippen molar-refractivity contribution >= 4 is 17.5 Å². The van der Waals surface area contributed by atoms with Gasteiger partial charge < -0.3 is 10.2 Å². The van der Waals surface area contributed by atoms with Gasteiger partial charge in [-0.15, -0.1) is 5.60 Å². The Morgan fingerprint density at radius 2 is 1.70 bits per heavy atom. The van der Waals surface area contributed by atoms with Crippen LogP contribution < -0.4 is 10.4 Å². The zero-order valence-electron chi connectivity index (χ0n) is 12.8. The van der Waals surface area contributed by atoms with E-state index in [1.165, 1.54) is 0 Å². The number of carboxylic acid groups (broad SMARTS) is 1. The van der Waals surface area contributed by atoms with Crippen LogP contribution in [0.2, 0.25) is 0 Å². The number of halogens is 3. The zero-order valence-corrected chi connectivity index (χ0v) is 12.8. The molecule has 2 N–H and O–H groups in total. The predicted octanol–water partition coefficient (Wildman–Crippen LogP) is 3.16. The van der Waals surface area contributed by atoms with Crippen LogP contribution in [0.1, 0.15) is 31.9 Å². The summed E-state index contributed by atoms with van der Waals surface area (Å²) in [4.78, 5) is 20.0. The summed E-state index contributed by atoms with van der Waals surface area (Å²) in [6.45, 7) is 5.95. The fraction of sp³-hybridized carbons (Fsp3) is 0.462. The molecule has 1 amide bonds. The van der Waals surface area contributed by atoms with Gasteiger partial charge in [0.1, 0.15) is 5.69 Å².